The summed E-state index contributed by atoms with van der Waals surface area (Å²) in [5.74, 6) is -1.13. The molecule has 0 bridgehead atoms. The zero-order chi connectivity index (χ0) is 30.2. The van der Waals surface area contributed by atoms with Crippen molar-refractivity contribution in [3.63, 3.8) is 0 Å². The minimum atomic E-state index is -0.844. The molecule has 6 rings (SSSR count). The fourth-order valence-corrected chi connectivity index (χ4v) is 7.01. The molecular weight excluding hydrogens is 536 g/mol. The average molecular weight is 567 g/mol. The first-order chi connectivity index (χ1) is 20.1. The number of phenols is 2. The Kier molecular flexibility index (Phi) is 6.26. The summed E-state index contributed by atoms with van der Waals surface area (Å²) in [6, 6.07) is 2.59. The summed E-state index contributed by atoms with van der Waals surface area (Å²) in [5.41, 5.74) is 1.30. The van der Waals surface area contributed by atoms with E-state index in [1.807, 2.05) is 13.0 Å². The van der Waals surface area contributed by atoms with Crippen LogP contribution in [0.2, 0.25) is 0 Å². The average Bonchev–Trinajstić information content (AvgIpc) is 3.08. The van der Waals surface area contributed by atoms with Crippen molar-refractivity contribution in [1.82, 2.24) is 0 Å². The molecule has 8 heteroatoms. The molecule has 1 unspecified atom stereocenters. The van der Waals surface area contributed by atoms with Gasteiger partial charge in [-0.15, -0.1) is 6.58 Å². The van der Waals surface area contributed by atoms with Gasteiger partial charge in [-0.05, 0) is 49.4 Å². The highest BCUT2D eigenvalue weighted by molar-refractivity contribution is 6.39. The Morgan fingerprint density at radius 2 is 1.43 bits per heavy atom. The predicted molar refractivity (Wildman–Crippen MR) is 165 cm³/mol. The maximum absolute atomic E-state index is 13.7. The molecule has 0 aromatic heterocycles. The minimum absolute atomic E-state index is 0.00235. The van der Waals surface area contributed by atoms with E-state index in [9.17, 15) is 24.6 Å². The van der Waals surface area contributed by atoms with Crippen molar-refractivity contribution in [2.45, 2.75) is 39.0 Å². The van der Waals surface area contributed by atoms with Crippen molar-refractivity contribution in [2.24, 2.45) is 0 Å². The van der Waals surface area contributed by atoms with E-state index in [-0.39, 0.29) is 45.3 Å². The Bertz CT molecular complexity index is 2140. The van der Waals surface area contributed by atoms with Crippen molar-refractivity contribution >= 4 is 54.9 Å². The van der Waals surface area contributed by atoms with Gasteiger partial charge in [-0.3, -0.25) is 14.4 Å². The number of methoxy groups -OCH3 is 3. The lowest BCUT2D eigenvalue weighted by molar-refractivity contribution is -0.117. The van der Waals surface area contributed by atoms with Crippen LogP contribution in [0.25, 0.3) is 49.2 Å². The number of aromatic hydroxyl groups is 2. The smallest absolute Gasteiger partial charge is 0.194 e. The van der Waals surface area contributed by atoms with Crippen molar-refractivity contribution in [3.05, 3.63) is 67.5 Å². The third kappa shape index (κ3) is 3.38. The van der Waals surface area contributed by atoms with Crippen LogP contribution in [0.4, 0.5) is 0 Å². The summed E-state index contributed by atoms with van der Waals surface area (Å²) in [6.45, 7) is 7.09. The van der Waals surface area contributed by atoms with Gasteiger partial charge in [0.25, 0.3) is 0 Å². The molecule has 1 aliphatic carbocycles. The fourth-order valence-electron chi connectivity index (χ4n) is 7.01. The number of carbonyl (C=O) groups is 1. The minimum Gasteiger partial charge on any atom is -0.507 e. The van der Waals surface area contributed by atoms with E-state index in [0.717, 1.165) is 0 Å². The van der Waals surface area contributed by atoms with Crippen LogP contribution in [0, 0.1) is 0 Å². The zero-order valence-corrected chi connectivity index (χ0v) is 24.1. The summed E-state index contributed by atoms with van der Waals surface area (Å²) in [5, 5.41) is 26.2. The maximum atomic E-state index is 13.7. The Hall–Kier alpha value is -4.85. The number of carbonyl (C=O) groups excluding carboxylic acids is 1. The number of ether oxygens (including phenoxy) is 3. The number of allylic oxidation sites excluding steroid dienone is 2. The number of ketones is 1. The summed E-state index contributed by atoms with van der Waals surface area (Å²) >= 11 is 0. The van der Waals surface area contributed by atoms with E-state index >= 15 is 0 Å². The monoisotopic (exact) mass is 566 g/mol. The normalized spacial score (nSPS) is 14.6. The van der Waals surface area contributed by atoms with Gasteiger partial charge in [-0.2, -0.15) is 0 Å². The van der Waals surface area contributed by atoms with E-state index in [4.69, 9.17) is 14.2 Å². The van der Waals surface area contributed by atoms with Gasteiger partial charge in [0.15, 0.2) is 22.4 Å². The third-order valence-corrected chi connectivity index (χ3v) is 8.59. The zero-order valence-electron chi connectivity index (χ0n) is 24.1. The molecule has 214 valence electrons. The Balaban J connectivity index is 2.12. The van der Waals surface area contributed by atoms with Gasteiger partial charge in [0, 0.05) is 44.8 Å². The van der Waals surface area contributed by atoms with E-state index in [2.05, 4.69) is 6.58 Å². The number of phenolic OH excluding ortho intramolecular Hbond substituents is 2. The third-order valence-electron chi connectivity index (χ3n) is 8.59. The van der Waals surface area contributed by atoms with Crippen LogP contribution in [-0.2, 0) is 11.2 Å². The highest BCUT2D eigenvalue weighted by Gasteiger charge is 2.37. The molecule has 1 atom stereocenters. The van der Waals surface area contributed by atoms with Crippen LogP contribution in [0.15, 0.2) is 39.9 Å². The largest absolute Gasteiger partial charge is 0.507 e. The van der Waals surface area contributed by atoms with Gasteiger partial charge in [-0.1, -0.05) is 17.7 Å². The summed E-state index contributed by atoms with van der Waals surface area (Å²) in [6.07, 6.45) is 5.43. The second-order valence-corrected chi connectivity index (χ2v) is 10.8. The molecular formula is C34H30O8. The van der Waals surface area contributed by atoms with Gasteiger partial charge in [0.05, 0.1) is 38.0 Å². The number of fused-ring (bicyclic) bond motifs is 1. The number of rotatable bonds is 8. The van der Waals surface area contributed by atoms with Gasteiger partial charge < -0.3 is 24.4 Å². The van der Waals surface area contributed by atoms with Gasteiger partial charge in [0.2, 0.25) is 0 Å². The quantitative estimate of drug-likeness (QED) is 0.103. The molecule has 0 saturated carbocycles. The summed E-state index contributed by atoms with van der Waals surface area (Å²) < 4.78 is 17.2. The Morgan fingerprint density at radius 3 is 1.95 bits per heavy atom. The SMILES string of the molecule is C=CCCCc1c(O)c2c(=O)cc(OC)c3c4c(OC)cc(=O)c5c(O)c(OC)c6c(c(c1C=C(C)C6C(C)=O)c23)c54. The number of hydrogen-bond acceptors (Lipinski definition) is 8. The summed E-state index contributed by atoms with van der Waals surface area (Å²) in [7, 11) is 4.24. The van der Waals surface area contributed by atoms with E-state index in [0.29, 0.717) is 73.8 Å². The number of Topliss-reactive ketones (excluding diaryl/α,β-unsaturated/α-hetero) is 1. The second-order valence-electron chi connectivity index (χ2n) is 10.8. The summed E-state index contributed by atoms with van der Waals surface area (Å²) in [4.78, 5) is 40.7. The van der Waals surface area contributed by atoms with E-state index < -0.39 is 16.8 Å². The number of benzene rings is 5. The molecule has 2 N–H and O–H groups in total. The first-order valence-corrected chi connectivity index (χ1v) is 13.7. The van der Waals surface area contributed by atoms with Crippen molar-refractivity contribution in [2.75, 3.05) is 21.3 Å². The number of unbranched alkanes of at least 4 members (excludes halogenated alkanes) is 1. The molecule has 0 radical (unpaired) electrons. The molecule has 0 spiro atoms. The van der Waals surface area contributed by atoms with Crippen LogP contribution < -0.4 is 25.1 Å². The van der Waals surface area contributed by atoms with Gasteiger partial charge >= 0.3 is 0 Å². The van der Waals surface area contributed by atoms with Crippen molar-refractivity contribution in [1.29, 1.82) is 0 Å². The highest BCUT2D eigenvalue weighted by atomic mass is 16.5. The van der Waals surface area contributed by atoms with E-state index in [1.165, 1.54) is 40.4 Å². The van der Waals surface area contributed by atoms with Crippen molar-refractivity contribution < 1.29 is 29.2 Å². The van der Waals surface area contributed by atoms with Gasteiger partial charge in [0.1, 0.15) is 23.0 Å². The fraction of sp³-hybridized carbons (Fsp3) is 0.265. The highest BCUT2D eigenvalue weighted by Crippen LogP contribution is 2.57. The van der Waals surface area contributed by atoms with Crippen LogP contribution in [0.3, 0.4) is 0 Å². The molecule has 5 aromatic carbocycles. The van der Waals surface area contributed by atoms with Crippen LogP contribution in [0.1, 0.15) is 49.3 Å². The molecule has 8 nitrogen and oxygen atoms in total. The topological polar surface area (TPSA) is 119 Å². The molecule has 1 aliphatic rings. The molecule has 42 heavy (non-hydrogen) atoms. The Morgan fingerprint density at radius 1 is 0.857 bits per heavy atom. The van der Waals surface area contributed by atoms with Crippen LogP contribution >= 0.6 is 0 Å². The van der Waals surface area contributed by atoms with E-state index in [1.54, 1.807) is 6.08 Å². The van der Waals surface area contributed by atoms with Gasteiger partial charge in [-0.25, -0.2) is 0 Å². The first kappa shape index (κ1) is 27.3. The molecule has 0 saturated heterocycles. The molecule has 0 fully saturated rings. The van der Waals surface area contributed by atoms with Crippen molar-refractivity contribution in [3.8, 4) is 28.7 Å². The number of hydrogen-bond donors (Lipinski definition) is 2. The lowest BCUT2D eigenvalue weighted by Crippen LogP contribution is -2.14. The maximum Gasteiger partial charge on any atom is 0.194 e. The standard InChI is InChI=1S/C34H30O8/c1-7-8-9-10-16-17-11-14(2)22(15(3)35)31-29-23(17)28-24(32(16)38)18(36)12-20(40-4)26(28)27-21(41-5)13-19(37)25(30(27)29)33(39)34(31)42-6/h7,11-13,22,38-39H,1,8-10H2,2-6H3. The molecule has 0 amide bonds. The molecule has 0 aliphatic heterocycles. The lowest BCUT2D eigenvalue weighted by atomic mass is 9.80. The predicted octanol–water partition coefficient (Wildman–Crippen LogP) is 5.93. The van der Waals surface area contributed by atoms with Crippen LogP contribution in [-0.4, -0.2) is 37.3 Å². The molecule has 5 aromatic rings. The first-order valence-electron chi connectivity index (χ1n) is 13.7. The second kappa shape index (κ2) is 9.62. The van der Waals surface area contributed by atoms with Crippen LogP contribution in [0.5, 0.6) is 28.7 Å². The lowest BCUT2D eigenvalue weighted by Gasteiger charge is -2.25. The Labute approximate surface area is 240 Å². The molecule has 0 heterocycles.